The monoisotopic (exact) mass is 252 g/mol. The zero-order chi connectivity index (χ0) is 13.1. The zero-order valence-electron chi connectivity index (χ0n) is 10.7. The standard InChI is InChI=1S/C15H16N4/c16-8-11(9-17-12-4-3-5-12)15-10-18-13-6-1-2-7-14(13)19-15/h1-2,6-10,12H,3-5,16H2. The largest absolute Gasteiger partial charge is 0.404 e. The van der Waals surface area contributed by atoms with Crippen LogP contribution in [-0.2, 0) is 0 Å². The van der Waals surface area contributed by atoms with E-state index in [0.717, 1.165) is 22.3 Å². The first-order valence-electron chi connectivity index (χ1n) is 6.54. The average Bonchev–Trinajstić information content (AvgIpc) is 2.41. The van der Waals surface area contributed by atoms with Crippen LogP contribution in [0.1, 0.15) is 25.0 Å². The van der Waals surface area contributed by atoms with Crippen molar-refractivity contribution in [3.8, 4) is 0 Å². The Kier molecular flexibility index (Phi) is 3.23. The molecule has 1 saturated carbocycles. The van der Waals surface area contributed by atoms with Gasteiger partial charge in [0.25, 0.3) is 0 Å². The van der Waals surface area contributed by atoms with Crippen LogP contribution in [0.2, 0.25) is 0 Å². The minimum absolute atomic E-state index is 0.461. The van der Waals surface area contributed by atoms with E-state index in [2.05, 4.69) is 15.0 Å². The summed E-state index contributed by atoms with van der Waals surface area (Å²) in [5.74, 6) is 0. The fourth-order valence-corrected chi connectivity index (χ4v) is 2.01. The van der Waals surface area contributed by atoms with Gasteiger partial charge in [-0.05, 0) is 31.4 Å². The van der Waals surface area contributed by atoms with Crippen molar-refractivity contribution in [2.75, 3.05) is 0 Å². The Morgan fingerprint density at radius 2 is 2.05 bits per heavy atom. The van der Waals surface area contributed by atoms with E-state index in [1.807, 2.05) is 30.5 Å². The lowest BCUT2D eigenvalue weighted by molar-refractivity contribution is 0.421. The third-order valence-corrected chi connectivity index (χ3v) is 3.42. The van der Waals surface area contributed by atoms with Crippen LogP contribution in [0.3, 0.4) is 0 Å². The summed E-state index contributed by atoms with van der Waals surface area (Å²) >= 11 is 0. The molecule has 1 aromatic carbocycles. The summed E-state index contributed by atoms with van der Waals surface area (Å²) in [6, 6.07) is 8.26. The molecule has 3 rings (SSSR count). The minimum Gasteiger partial charge on any atom is -0.404 e. The number of aliphatic imine (C=N–C) groups is 1. The highest BCUT2D eigenvalue weighted by Gasteiger charge is 2.15. The third kappa shape index (κ3) is 2.47. The quantitative estimate of drug-likeness (QED) is 0.854. The molecule has 0 atom stereocenters. The molecule has 4 heteroatoms. The van der Waals surface area contributed by atoms with Crippen LogP contribution in [0.15, 0.2) is 41.7 Å². The molecule has 2 aromatic rings. The molecule has 0 aliphatic heterocycles. The van der Waals surface area contributed by atoms with Gasteiger partial charge in [0.2, 0.25) is 0 Å². The average molecular weight is 252 g/mol. The summed E-state index contributed by atoms with van der Waals surface area (Å²) in [5, 5.41) is 0. The van der Waals surface area contributed by atoms with Crippen molar-refractivity contribution < 1.29 is 0 Å². The van der Waals surface area contributed by atoms with Crippen LogP contribution in [0.4, 0.5) is 0 Å². The van der Waals surface area contributed by atoms with Gasteiger partial charge in [-0.2, -0.15) is 0 Å². The number of allylic oxidation sites excluding steroid dienone is 1. The van der Waals surface area contributed by atoms with Gasteiger partial charge >= 0.3 is 0 Å². The van der Waals surface area contributed by atoms with Crippen LogP contribution in [-0.4, -0.2) is 22.2 Å². The van der Waals surface area contributed by atoms with Crippen molar-refractivity contribution in [1.82, 2.24) is 9.97 Å². The van der Waals surface area contributed by atoms with Crippen molar-refractivity contribution in [3.05, 3.63) is 42.4 Å². The highest BCUT2D eigenvalue weighted by molar-refractivity contribution is 6.09. The van der Waals surface area contributed by atoms with E-state index in [1.54, 1.807) is 12.4 Å². The third-order valence-electron chi connectivity index (χ3n) is 3.42. The normalized spacial score (nSPS) is 16.9. The topological polar surface area (TPSA) is 64.2 Å². The summed E-state index contributed by atoms with van der Waals surface area (Å²) in [7, 11) is 0. The second-order valence-electron chi connectivity index (χ2n) is 4.73. The van der Waals surface area contributed by atoms with Crippen molar-refractivity contribution >= 4 is 22.8 Å². The molecular formula is C15H16N4. The summed E-state index contributed by atoms with van der Waals surface area (Å²) in [5.41, 5.74) is 9.02. The number of nitrogens with zero attached hydrogens (tertiary/aromatic N) is 3. The molecule has 1 aromatic heterocycles. The molecule has 96 valence electrons. The number of hydrogen-bond donors (Lipinski definition) is 1. The van der Waals surface area contributed by atoms with Gasteiger partial charge in [-0.15, -0.1) is 0 Å². The maximum absolute atomic E-state index is 5.67. The Hall–Kier alpha value is -2.23. The van der Waals surface area contributed by atoms with Crippen LogP contribution in [0.5, 0.6) is 0 Å². The number of nitrogens with two attached hydrogens (primary N) is 1. The predicted molar refractivity (Wildman–Crippen MR) is 77.8 cm³/mol. The van der Waals surface area contributed by atoms with E-state index in [4.69, 9.17) is 5.73 Å². The van der Waals surface area contributed by atoms with E-state index in [9.17, 15) is 0 Å². The minimum atomic E-state index is 0.461. The lowest BCUT2D eigenvalue weighted by Crippen LogP contribution is -2.15. The van der Waals surface area contributed by atoms with Gasteiger partial charge in [-0.1, -0.05) is 12.1 Å². The van der Waals surface area contributed by atoms with Crippen LogP contribution in [0.25, 0.3) is 16.6 Å². The Labute approximate surface area is 112 Å². The highest BCUT2D eigenvalue weighted by atomic mass is 14.8. The van der Waals surface area contributed by atoms with Crippen molar-refractivity contribution in [2.24, 2.45) is 10.7 Å². The Morgan fingerprint density at radius 3 is 2.74 bits per heavy atom. The van der Waals surface area contributed by atoms with E-state index in [1.165, 1.54) is 19.3 Å². The Morgan fingerprint density at radius 1 is 1.26 bits per heavy atom. The van der Waals surface area contributed by atoms with Gasteiger partial charge in [0.05, 0.1) is 22.9 Å². The number of hydrogen-bond acceptors (Lipinski definition) is 4. The van der Waals surface area contributed by atoms with E-state index < -0.39 is 0 Å². The van der Waals surface area contributed by atoms with Crippen molar-refractivity contribution in [3.63, 3.8) is 0 Å². The first-order valence-corrected chi connectivity index (χ1v) is 6.54. The maximum atomic E-state index is 5.67. The molecule has 0 saturated heterocycles. The molecule has 0 amide bonds. The molecule has 1 aliphatic carbocycles. The molecule has 0 radical (unpaired) electrons. The van der Waals surface area contributed by atoms with Crippen LogP contribution in [0, 0.1) is 0 Å². The van der Waals surface area contributed by atoms with Crippen molar-refractivity contribution in [1.29, 1.82) is 0 Å². The van der Waals surface area contributed by atoms with Gasteiger partial charge in [0, 0.05) is 24.0 Å². The number of fused-ring (bicyclic) bond motifs is 1. The zero-order valence-corrected chi connectivity index (χ0v) is 10.7. The molecule has 0 bridgehead atoms. The molecule has 0 spiro atoms. The molecule has 1 heterocycles. The van der Waals surface area contributed by atoms with Crippen LogP contribution < -0.4 is 5.73 Å². The van der Waals surface area contributed by atoms with E-state index >= 15 is 0 Å². The first-order chi connectivity index (χ1) is 9.36. The second kappa shape index (κ2) is 5.18. The fourth-order valence-electron chi connectivity index (χ4n) is 2.01. The molecule has 0 unspecified atom stereocenters. The number of aromatic nitrogens is 2. The molecule has 1 fully saturated rings. The smallest absolute Gasteiger partial charge is 0.0922 e. The molecule has 19 heavy (non-hydrogen) atoms. The van der Waals surface area contributed by atoms with Gasteiger partial charge in [-0.3, -0.25) is 9.98 Å². The second-order valence-corrected chi connectivity index (χ2v) is 4.73. The molecule has 4 nitrogen and oxygen atoms in total. The number of para-hydroxylation sites is 2. The lowest BCUT2D eigenvalue weighted by Gasteiger charge is -2.20. The molecule has 1 aliphatic rings. The van der Waals surface area contributed by atoms with Crippen LogP contribution >= 0.6 is 0 Å². The summed E-state index contributed by atoms with van der Waals surface area (Å²) < 4.78 is 0. The van der Waals surface area contributed by atoms with Gasteiger partial charge in [0.15, 0.2) is 0 Å². The summed E-state index contributed by atoms with van der Waals surface area (Å²) in [6.07, 6.45) is 8.74. The predicted octanol–water partition coefficient (Wildman–Crippen LogP) is 2.55. The van der Waals surface area contributed by atoms with Gasteiger partial charge in [0.1, 0.15) is 0 Å². The lowest BCUT2D eigenvalue weighted by atomic mass is 9.94. The SMILES string of the molecule is NC=C(C=NC1CCC1)c1cnc2ccccc2n1. The first kappa shape index (κ1) is 11.8. The van der Waals surface area contributed by atoms with E-state index in [-0.39, 0.29) is 0 Å². The summed E-state index contributed by atoms with van der Waals surface area (Å²) in [6.45, 7) is 0. The number of benzene rings is 1. The van der Waals surface area contributed by atoms with Crippen molar-refractivity contribution in [2.45, 2.75) is 25.3 Å². The van der Waals surface area contributed by atoms with Gasteiger partial charge in [-0.25, -0.2) is 4.98 Å². The Bertz CT molecular complexity index is 641. The van der Waals surface area contributed by atoms with E-state index in [0.29, 0.717) is 6.04 Å². The van der Waals surface area contributed by atoms with Gasteiger partial charge < -0.3 is 5.73 Å². The maximum Gasteiger partial charge on any atom is 0.0922 e. The summed E-state index contributed by atoms with van der Waals surface area (Å²) in [4.78, 5) is 13.5. The fraction of sp³-hybridized carbons (Fsp3) is 0.267. The molecule has 2 N–H and O–H groups in total. The number of rotatable bonds is 3. The Balaban J connectivity index is 1.90. The highest BCUT2D eigenvalue weighted by Crippen LogP contribution is 2.22. The molecular weight excluding hydrogens is 236 g/mol.